The lowest BCUT2D eigenvalue weighted by Crippen LogP contribution is -2.32. The molecule has 1 unspecified atom stereocenters. The average molecular weight is 472 g/mol. The van der Waals surface area contributed by atoms with Crippen molar-refractivity contribution in [2.45, 2.75) is 12.5 Å². The third-order valence-electron chi connectivity index (χ3n) is 5.52. The van der Waals surface area contributed by atoms with Crippen molar-refractivity contribution in [1.82, 2.24) is 5.01 Å². The summed E-state index contributed by atoms with van der Waals surface area (Å²) >= 11 is 0. The van der Waals surface area contributed by atoms with Gasteiger partial charge in [0.25, 0.3) is 5.91 Å². The van der Waals surface area contributed by atoms with E-state index < -0.39 is 25.1 Å². The molecule has 0 saturated carbocycles. The molecule has 1 aliphatic rings. The van der Waals surface area contributed by atoms with Crippen LogP contribution in [0.15, 0.2) is 84.0 Å². The Morgan fingerprint density at radius 2 is 1.69 bits per heavy atom. The number of nitrogens with zero attached hydrogens (tertiary/aromatic N) is 2. The normalized spacial score (nSPS) is 14.7. The summed E-state index contributed by atoms with van der Waals surface area (Å²) in [7, 11) is 1.59. The highest BCUT2D eigenvalue weighted by atomic mass is 16.6. The maximum absolute atomic E-state index is 13.0. The number of aldehydes is 1. The van der Waals surface area contributed by atoms with E-state index in [1.165, 1.54) is 5.01 Å². The molecule has 8 nitrogen and oxygen atoms in total. The Kier molecular flexibility index (Phi) is 7.52. The maximum Gasteiger partial charge on any atom is 0.344 e. The maximum atomic E-state index is 13.0. The van der Waals surface area contributed by atoms with Crippen molar-refractivity contribution in [3.8, 4) is 11.5 Å². The summed E-state index contributed by atoms with van der Waals surface area (Å²) < 4.78 is 15.7. The quantitative estimate of drug-likeness (QED) is 0.347. The SMILES string of the molecule is COc1ccc(C2CC(c3ccccc3)=NN2C(=O)COC(=O)COc2ccccc2C=O)cc1. The average Bonchev–Trinajstić information content (AvgIpc) is 3.37. The number of carbonyl (C=O) groups excluding carboxylic acids is 3. The Morgan fingerprint density at radius 1 is 0.971 bits per heavy atom. The molecule has 0 fully saturated rings. The summed E-state index contributed by atoms with van der Waals surface area (Å²) in [4.78, 5) is 36.3. The third kappa shape index (κ3) is 5.73. The number of rotatable bonds is 9. The van der Waals surface area contributed by atoms with E-state index in [0.29, 0.717) is 24.0 Å². The molecule has 35 heavy (non-hydrogen) atoms. The summed E-state index contributed by atoms with van der Waals surface area (Å²) in [6.45, 7) is -0.922. The van der Waals surface area contributed by atoms with Crippen LogP contribution in [0, 0.1) is 0 Å². The topological polar surface area (TPSA) is 94.5 Å². The lowest BCUT2D eigenvalue weighted by atomic mass is 9.98. The second-order valence-electron chi connectivity index (χ2n) is 7.75. The minimum absolute atomic E-state index is 0.266. The van der Waals surface area contributed by atoms with Gasteiger partial charge < -0.3 is 14.2 Å². The summed E-state index contributed by atoms with van der Waals surface area (Å²) in [6, 6.07) is 23.2. The predicted octanol–water partition coefficient (Wildman–Crippen LogP) is 3.81. The molecule has 1 amide bonds. The monoisotopic (exact) mass is 472 g/mol. The molecule has 0 aliphatic carbocycles. The second kappa shape index (κ2) is 11.1. The number of esters is 1. The van der Waals surface area contributed by atoms with Crippen LogP contribution in [0.5, 0.6) is 11.5 Å². The fourth-order valence-electron chi connectivity index (χ4n) is 3.73. The molecule has 3 aromatic rings. The van der Waals surface area contributed by atoms with Gasteiger partial charge in [0, 0.05) is 6.42 Å². The Hall–Kier alpha value is -4.46. The molecule has 3 aromatic carbocycles. The summed E-state index contributed by atoms with van der Waals surface area (Å²) in [5.41, 5.74) is 2.88. The van der Waals surface area contributed by atoms with E-state index >= 15 is 0 Å². The van der Waals surface area contributed by atoms with Crippen molar-refractivity contribution in [3.63, 3.8) is 0 Å². The van der Waals surface area contributed by atoms with Crippen LogP contribution in [0.1, 0.15) is 33.9 Å². The van der Waals surface area contributed by atoms with Crippen molar-refractivity contribution in [3.05, 3.63) is 95.6 Å². The molecular formula is C27H24N2O6. The molecule has 1 aliphatic heterocycles. The number of methoxy groups -OCH3 is 1. The van der Waals surface area contributed by atoms with Crippen molar-refractivity contribution < 1.29 is 28.6 Å². The van der Waals surface area contributed by atoms with Gasteiger partial charge in [-0.25, -0.2) is 9.80 Å². The van der Waals surface area contributed by atoms with Gasteiger partial charge in [-0.05, 0) is 35.4 Å². The summed E-state index contributed by atoms with van der Waals surface area (Å²) in [5, 5.41) is 5.92. The van der Waals surface area contributed by atoms with E-state index in [9.17, 15) is 14.4 Å². The first-order valence-electron chi connectivity index (χ1n) is 11.0. The van der Waals surface area contributed by atoms with Crippen LogP contribution in [0.4, 0.5) is 0 Å². The van der Waals surface area contributed by atoms with Crippen molar-refractivity contribution >= 4 is 23.9 Å². The van der Waals surface area contributed by atoms with Gasteiger partial charge in [-0.15, -0.1) is 0 Å². The number of hydrogen-bond acceptors (Lipinski definition) is 7. The standard InChI is InChI=1S/C27H24N2O6/c1-33-22-13-11-20(12-14-22)24-15-23(19-7-3-2-4-8-19)28-29(24)26(31)17-35-27(32)18-34-25-10-6-5-9-21(25)16-30/h2-14,16,24H,15,17-18H2,1H3. The molecule has 4 rings (SSSR count). The zero-order valence-electron chi connectivity index (χ0n) is 19.1. The molecule has 178 valence electrons. The lowest BCUT2D eigenvalue weighted by molar-refractivity contribution is -0.154. The van der Waals surface area contributed by atoms with Crippen LogP contribution >= 0.6 is 0 Å². The molecule has 8 heteroatoms. The highest BCUT2D eigenvalue weighted by molar-refractivity contribution is 6.03. The van der Waals surface area contributed by atoms with Gasteiger partial charge in [-0.1, -0.05) is 54.6 Å². The number of hydrazone groups is 1. The first kappa shape index (κ1) is 23.7. The van der Waals surface area contributed by atoms with Crippen molar-refractivity contribution in [1.29, 1.82) is 0 Å². The van der Waals surface area contributed by atoms with Gasteiger partial charge >= 0.3 is 5.97 Å². The predicted molar refractivity (Wildman–Crippen MR) is 128 cm³/mol. The summed E-state index contributed by atoms with van der Waals surface area (Å²) in [6.07, 6.45) is 1.15. The van der Waals surface area contributed by atoms with Gasteiger partial charge in [-0.2, -0.15) is 5.10 Å². The largest absolute Gasteiger partial charge is 0.497 e. The van der Waals surface area contributed by atoms with E-state index in [4.69, 9.17) is 14.2 Å². The van der Waals surface area contributed by atoms with Crippen LogP contribution in [-0.4, -0.2) is 49.2 Å². The zero-order valence-corrected chi connectivity index (χ0v) is 19.1. The molecule has 1 heterocycles. The van der Waals surface area contributed by atoms with Crippen molar-refractivity contribution in [2.24, 2.45) is 5.10 Å². The van der Waals surface area contributed by atoms with Gasteiger partial charge in [-0.3, -0.25) is 9.59 Å². The third-order valence-corrected chi connectivity index (χ3v) is 5.52. The Labute approximate surface area is 202 Å². The van der Waals surface area contributed by atoms with Crippen LogP contribution in [0.3, 0.4) is 0 Å². The van der Waals surface area contributed by atoms with Gasteiger partial charge in [0.2, 0.25) is 0 Å². The zero-order chi connectivity index (χ0) is 24.6. The Balaban J connectivity index is 1.43. The molecular weight excluding hydrogens is 448 g/mol. The van der Waals surface area contributed by atoms with E-state index in [1.54, 1.807) is 31.4 Å². The van der Waals surface area contributed by atoms with Crippen LogP contribution < -0.4 is 9.47 Å². The number of ether oxygens (including phenoxy) is 3. The molecule has 0 saturated heterocycles. The number of para-hydroxylation sites is 1. The number of benzene rings is 3. The number of hydrogen-bond donors (Lipinski definition) is 0. The Morgan fingerprint density at radius 3 is 2.40 bits per heavy atom. The van der Waals surface area contributed by atoms with E-state index in [2.05, 4.69) is 5.10 Å². The highest BCUT2D eigenvalue weighted by Gasteiger charge is 2.33. The molecule has 0 spiro atoms. The molecule has 0 N–H and O–H groups in total. The minimum Gasteiger partial charge on any atom is -0.497 e. The first-order chi connectivity index (χ1) is 17.1. The summed E-state index contributed by atoms with van der Waals surface area (Å²) in [5.74, 6) is -0.217. The molecule has 1 atom stereocenters. The highest BCUT2D eigenvalue weighted by Crippen LogP contribution is 2.33. The van der Waals surface area contributed by atoms with Crippen LogP contribution in [0.25, 0.3) is 0 Å². The first-order valence-corrected chi connectivity index (χ1v) is 11.0. The van der Waals surface area contributed by atoms with E-state index in [1.807, 2.05) is 54.6 Å². The van der Waals surface area contributed by atoms with Gasteiger partial charge in [0.15, 0.2) is 19.5 Å². The van der Waals surface area contributed by atoms with Crippen LogP contribution in [0.2, 0.25) is 0 Å². The van der Waals surface area contributed by atoms with Gasteiger partial charge in [0.1, 0.15) is 11.5 Å². The lowest BCUT2D eigenvalue weighted by Gasteiger charge is -2.22. The molecule has 0 bridgehead atoms. The fraction of sp³-hybridized carbons (Fsp3) is 0.185. The molecule has 0 aromatic heterocycles. The van der Waals surface area contributed by atoms with Gasteiger partial charge in [0.05, 0.1) is 24.4 Å². The smallest absolute Gasteiger partial charge is 0.344 e. The van der Waals surface area contributed by atoms with Crippen molar-refractivity contribution in [2.75, 3.05) is 20.3 Å². The molecule has 0 radical (unpaired) electrons. The second-order valence-corrected chi connectivity index (χ2v) is 7.75. The number of carbonyl (C=O) groups is 3. The number of amides is 1. The fourth-order valence-corrected chi connectivity index (χ4v) is 3.73. The minimum atomic E-state index is -0.730. The Bertz CT molecular complexity index is 1220. The van der Waals surface area contributed by atoms with Crippen LogP contribution in [-0.2, 0) is 14.3 Å². The van der Waals surface area contributed by atoms with E-state index in [0.717, 1.165) is 16.8 Å². The van der Waals surface area contributed by atoms with E-state index in [-0.39, 0.29) is 11.8 Å².